The third-order valence-corrected chi connectivity index (χ3v) is 3.26. The van der Waals surface area contributed by atoms with E-state index in [0.717, 1.165) is 22.3 Å². The van der Waals surface area contributed by atoms with Crippen molar-refractivity contribution in [3.05, 3.63) is 72.8 Å². The maximum atomic E-state index is 9.34. The van der Waals surface area contributed by atoms with Crippen molar-refractivity contribution in [2.24, 2.45) is 0 Å². The van der Waals surface area contributed by atoms with Crippen LogP contribution in [0.25, 0.3) is 22.3 Å². The normalized spacial score (nSPS) is 9.90. The topological polar surface area (TPSA) is 40.5 Å². The van der Waals surface area contributed by atoms with Crippen LogP contribution in [0.4, 0.5) is 0 Å². The summed E-state index contributed by atoms with van der Waals surface area (Å²) in [5.74, 6) is 0.534. The van der Waals surface area contributed by atoms with Gasteiger partial charge in [-0.1, -0.05) is 42.5 Å². The fourth-order valence-corrected chi connectivity index (χ4v) is 2.19. The third-order valence-electron chi connectivity index (χ3n) is 3.26. The van der Waals surface area contributed by atoms with Gasteiger partial charge < -0.3 is 10.2 Å². The summed E-state index contributed by atoms with van der Waals surface area (Å²) in [6.07, 6.45) is 0. The minimum Gasteiger partial charge on any atom is -0.508 e. The van der Waals surface area contributed by atoms with Crippen LogP contribution in [0.2, 0.25) is 0 Å². The molecule has 0 aliphatic rings. The number of hydrogen-bond acceptors (Lipinski definition) is 2. The van der Waals surface area contributed by atoms with Crippen molar-refractivity contribution >= 4 is 0 Å². The first-order chi connectivity index (χ1) is 9.72. The van der Waals surface area contributed by atoms with Crippen molar-refractivity contribution in [1.29, 1.82) is 0 Å². The van der Waals surface area contributed by atoms with Gasteiger partial charge in [0.15, 0.2) is 0 Å². The van der Waals surface area contributed by atoms with Gasteiger partial charge in [0.2, 0.25) is 0 Å². The van der Waals surface area contributed by atoms with E-state index in [-0.39, 0.29) is 32.6 Å². The van der Waals surface area contributed by atoms with E-state index in [1.54, 1.807) is 24.3 Å². The van der Waals surface area contributed by atoms with Crippen LogP contribution >= 0.6 is 0 Å². The molecule has 3 aromatic rings. The second kappa shape index (κ2) is 6.60. The van der Waals surface area contributed by atoms with Gasteiger partial charge in [0, 0.05) is 21.1 Å². The Hall–Kier alpha value is -2.05. The van der Waals surface area contributed by atoms with Gasteiger partial charge in [-0.05, 0) is 52.6 Å². The molecule has 0 aromatic heterocycles. The average molecular weight is 446 g/mol. The van der Waals surface area contributed by atoms with Gasteiger partial charge in [0.05, 0.1) is 0 Å². The van der Waals surface area contributed by atoms with Crippen LogP contribution in [0, 0.1) is 0 Å². The van der Waals surface area contributed by atoms with E-state index in [2.05, 4.69) is 6.07 Å². The van der Waals surface area contributed by atoms with Crippen molar-refractivity contribution in [3.8, 4) is 33.8 Å². The second-order valence-electron chi connectivity index (χ2n) is 4.67. The molecule has 2 nitrogen and oxygen atoms in total. The maximum absolute atomic E-state index is 9.34. The first kappa shape index (κ1) is 15.3. The summed E-state index contributed by atoms with van der Waals surface area (Å²) in [5.41, 5.74) is 4.30. The van der Waals surface area contributed by atoms with Crippen LogP contribution in [0.3, 0.4) is 0 Å². The zero-order valence-corrected chi connectivity index (χ0v) is 14.2. The average Bonchev–Trinajstić information content (AvgIpc) is 2.49. The Kier molecular flexibility index (Phi) is 4.82. The molecule has 104 valence electrons. The van der Waals surface area contributed by atoms with Gasteiger partial charge in [-0.15, -0.1) is 0 Å². The minimum atomic E-state index is 0. The van der Waals surface area contributed by atoms with E-state index >= 15 is 0 Å². The van der Waals surface area contributed by atoms with Gasteiger partial charge in [-0.3, -0.25) is 0 Å². The van der Waals surface area contributed by atoms with Gasteiger partial charge in [0.25, 0.3) is 0 Å². The van der Waals surface area contributed by atoms with Crippen LogP contribution in [-0.4, -0.2) is 10.2 Å². The first-order valence-corrected chi connectivity index (χ1v) is 6.41. The van der Waals surface area contributed by atoms with Crippen molar-refractivity contribution in [2.75, 3.05) is 0 Å². The van der Waals surface area contributed by atoms with Crippen LogP contribution < -0.4 is 0 Å². The summed E-state index contributed by atoms with van der Waals surface area (Å²) in [6.45, 7) is 0. The standard InChI is InChI=1S/C18H14O2.W/c19-17-8-4-13(5-9-17)15-2-1-3-16(12-15)14-6-10-18(20)11-7-14;/h1-12,19-20H;. The first-order valence-electron chi connectivity index (χ1n) is 6.41. The third kappa shape index (κ3) is 3.53. The second-order valence-corrected chi connectivity index (χ2v) is 4.67. The van der Waals surface area contributed by atoms with E-state index in [1.807, 2.05) is 42.5 Å². The van der Waals surface area contributed by atoms with E-state index in [1.165, 1.54) is 0 Å². The SMILES string of the molecule is Oc1ccc(-c2cccc(-c3ccc(O)cc3)c2)cc1.[W]. The summed E-state index contributed by atoms with van der Waals surface area (Å²) >= 11 is 0. The van der Waals surface area contributed by atoms with Crippen LogP contribution in [0.15, 0.2) is 72.8 Å². The Morgan fingerprint density at radius 1 is 0.476 bits per heavy atom. The number of phenols is 2. The Labute approximate surface area is 138 Å². The van der Waals surface area contributed by atoms with Crippen LogP contribution in [0.5, 0.6) is 11.5 Å². The molecule has 0 unspecified atom stereocenters. The summed E-state index contributed by atoms with van der Waals surface area (Å²) < 4.78 is 0. The van der Waals surface area contributed by atoms with Crippen molar-refractivity contribution < 1.29 is 31.3 Å². The Balaban J connectivity index is 0.00000161. The molecule has 0 heterocycles. The van der Waals surface area contributed by atoms with Gasteiger partial charge >= 0.3 is 0 Å². The minimum absolute atomic E-state index is 0. The molecule has 2 N–H and O–H groups in total. The molecule has 0 radical (unpaired) electrons. The van der Waals surface area contributed by atoms with Crippen LogP contribution in [-0.2, 0) is 21.1 Å². The molecule has 3 aromatic carbocycles. The van der Waals surface area contributed by atoms with Gasteiger partial charge in [-0.25, -0.2) is 0 Å². The molecule has 0 amide bonds. The van der Waals surface area contributed by atoms with Crippen molar-refractivity contribution in [2.45, 2.75) is 0 Å². The fraction of sp³-hybridized carbons (Fsp3) is 0. The molecule has 0 aliphatic heterocycles. The van der Waals surface area contributed by atoms with Gasteiger partial charge in [-0.2, -0.15) is 0 Å². The molecule has 0 aliphatic carbocycles. The molecule has 0 saturated heterocycles. The summed E-state index contributed by atoms with van der Waals surface area (Å²) in [4.78, 5) is 0. The zero-order valence-electron chi connectivity index (χ0n) is 11.2. The van der Waals surface area contributed by atoms with Crippen molar-refractivity contribution in [1.82, 2.24) is 0 Å². The molecule has 0 spiro atoms. The molecular formula is C18H14O2W. The predicted octanol–water partition coefficient (Wildman–Crippen LogP) is 4.43. The Morgan fingerprint density at radius 3 is 1.24 bits per heavy atom. The summed E-state index contributed by atoms with van der Waals surface area (Å²) in [5, 5.41) is 18.7. The molecule has 0 atom stereocenters. The number of phenolic OH excluding ortho intramolecular Hbond substituents is 2. The fourth-order valence-electron chi connectivity index (χ4n) is 2.19. The van der Waals surface area contributed by atoms with E-state index in [4.69, 9.17) is 0 Å². The largest absolute Gasteiger partial charge is 0.508 e. The van der Waals surface area contributed by atoms with Crippen molar-refractivity contribution in [3.63, 3.8) is 0 Å². The molecule has 0 fully saturated rings. The molecule has 3 rings (SSSR count). The molecule has 0 bridgehead atoms. The molecular weight excluding hydrogens is 432 g/mol. The quantitative estimate of drug-likeness (QED) is 0.612. The maximum Gasteiger partial charge on any atom is 0.115 e. The summed E-state index contributed by atoms with van der Waals surface area (Å²) in [7, 11) is 0. The number of rotatable bonds is 2. The summed E-state index contributed by atoms with van der Waals surface area (Å²) in [6, 6.07) is 22.5. The number of benzene rings is 3. The zero-order chi connectivity index (χ0) is 13.9. The smallest absolute Gasteiger partial charge is 0.115 e. The molecule has 0 saturated carbocycles. The predicted molar refractivity (Wildman–Crippen MR) is 80.6 cm³/mol. The van der Waals surface area contributed by atoms with E-state index in [9.17, 15) is 10.2 Å². The number of hydrogen-bond donors (Lipinski definition) is 2. The Bertz CT molecular complexity index is 658. The van der Waals surface area contributed by atoms with Crippen LogP contribution in [0.1, 0.15) is 0 Å². The van der Waals surface area contributed by atoms with E-state index in [0.29, 0.717) is 0 Å². The van der Waals surface area contributed by atoms with E-state index < -0.39 is 0 Å². The number of aromatic hydroxyl groups is 2. The monoisotopic (exact) mass is 446 g/mol. The Morgan fingerprint density at radius 2 is 0.857 bits per heavy atom. The molecule has 21 heavy (non-hydrogen) atoms. The van der Waals surface area contributed by atoms with Gasteiger partial charge in [0.1, 0.15) is 11.5 Å². The molecule has 3 heteroatoms.